The lowest BCUT2D eigenvalue weighted by Gasteiger charge is -2.35. The van der Waals surface area contributed by atoms with E-state index in [4.69, 9.17) is 4.11 Å². The number of benzene rings is 1. The van der Waals surface area contributed by atoms with E-state index in [1.165, 1.54) is 18.3 Å². The first-order valence-electron chi connectivity index (χ1n) is 12.5. The van der Waals surface area contributed by atoms with Crippen molar-refractivity contribution in [3.63, 3.8) is 0 Å². The van der Waals surface area contributed by atoms with Gasteiger partial charge in [-0.15, -0.1) is 0 Å². The molecule has 0 spiro atoms. The molecular weight excluding hydrogens is 447 g/mol. The van der Waals surface area contributed by atoms with Gasteiger partial charge in [-0.1, -0.05) is 12.9 Å². The van der Waals surface area contributed by atoms with Crippen LogP contribution in [0.3, 0.4) is 0 Å². The first-order valence-corrected chi connectivity index (χ1v) is 11.0. The van der Waals surface area contributed by atoms with Gasteiger partial charge in [0.1, 0.15) is 23.3 Å². The lowest BCUT2D eigenvalue weighted by atomic mass is 10.1. The van der Waals surface area contributed by atoms with Gasteiger partial charge in [0.15, 0.2) is 11.6 Å². The number of carbonyl (C=O) groups excluding carboxylic acids is 1. The predicted octanol–water partition coefficient (Wildman–Crippen LogP) is 5.10. The van der Waals surface area contributed by atoms with Crippen LogP contribution in [0.1, 0.15) is 52.4 Å². The molecule has 0 saturated carbocycles. The van der Waals surface area contributed by atoms with Crippen LogP contribution >= 0.6 is 0 Å². The lowest BCUT2D eigenvalue weighted by Crippen LogP contribution is -2.31. The molecule has 178 valence electrons. The molecule has 3 aromatic heterocycles. The molecule has 4 heterocycles. The van der Waals surface area contributed by atoms with Crippen molar-refractivity contribution in [2.45, 2.75) is 33.2 Å². The molecule has 2 N–H and O–H groups in total. The predicted molar refractivity (Wildman–Crippen MR) is 133 cm³/mol. The number of carbonyl (C=O) groups is 1. The maximum Gasteiger partial charge on any atom is 0.166 e. The van der Waals surface area contributed by atoms with Crippen LogP contribution in [0.25, 0.3) is 5.69 Å². The largest absolute Gasteiger partial charge is 0.361 e. The summed E-state index contributed by atoms with van der Waals surface area (Å²) in [4.78, 5) is 27.9. The zero-order valence-electron chi connectivity index (χ0n) is 22.4. The number of hydrogen-bond donors (Lipinski definition) is 2. The molecule has 0 aliphatic carbocycles. The Labute approximate surface area is 206 Å². The van der Waals surface area contributed by atoms with Crippen LogP contribution in [0, 0.1) is 12.7 Å². The maximum atomic E-state index is 13.3. The molecule has 1 aliphatic rings. The topological polar surface area (TPSA) is 101 Å². The number of nitrogens with one attached hydrogen (secondary N) is 2. The summed E-state index contributed by atoms with van der Waals surface area (Å²) < 4.78 is 37.8. The van der Waals surface area contributed by atoms with Crippen LogP contribution in [0.5, 0.6) is 0 Å². The number of aromatic nitrogens is 5. The van der Waals surface area contributed by atoms with E-state index in [1.807, 2.05) is 39.1 Å². The minimum Gasteiger partial charge on any atom is -0.361 e. The minimum absolute atomic E-state index is 0.0810. The molecule has 0 bridgehead atoms. The highest BCUT2D eigenvalue weighted by Gasteiger charge is 2.30. The Kier molecular flexibility index (Phi) is 4.77. The summed E-state index contributed by atoms with van der Waals surface area (Å²) in [5, 5.41) is 10.9. The number of para-hydroxylation sites is 1. The molecule has 0 radical (unpaired) electrons. The van der Waals surface area contributed by atoms with E-state index in [9.17, 15) is 9.18 Å². The van der Waals surface area contributed by atoms with Crippen molar-refractivity contribution in [2.24, 2.45) is 0 Å². The standard InChI is InChI=1S/C25H25FN8O/c1-5-21(35)17-13-28-23(31-22-10-9-16(26)12-27-22)11-19(17)30-18-7-6-8-20-24(18)33(4)14(2)25-29-15(3)32-34(20)25/h6-14H,5H2,1-4H3,(H2,27,28,30,31)/t14-/m0/s1/i1D3. The summed E-state index contributed by atoms with van der Waals surface area (Å²) in [7, 11) is 1.95. The summed E-state index contributed by atoms with van der Waals surface area (Å²) in [6.07, 6.45) is 1.76. The van der Waals surface area contributed by atoms with Crippen molar-refractivity contribution in [1.82, 2.24) is 24.7 Å². The van der Waals surface area contributed by atoms with Crippen molar-refractivity contribution in [3.05, 3.63) is 71.8 Å². The summed E-state index contributed by atoms with van der Waals surface area (Å²) >= 11 is 0. The fourth-order valence-electron chi connectivity index (χ4n) is 4.09. The van der Waals surface area contributed by atoms with E-state index in [0.717, 1.165) is 23.4 Å². The number of fused-ring (bicyclic) bond motifs is 3. The second kappa shape index (κ2) is 8.79. The Bertz CT molecular complexity index is 1520. The van der Waals surface area contributed by atoms with Crippen molar-refractivity contribution in [2.75, 3.05) is 22.6 Å². The molecule has 1 aliphatic heterocycles. The molecule has 4 aromatic rings. The third kappa shape index (κ3) is 4.07. The van der Waals surface area contributed by atoms with Gasteiger partial charge in [0.05, 0.1) is 40.6 Å². The third-order valence-corrected chi connectivity index (χ3v) is 5.91. The number of hydrogen-bond acceptors (Lipinski definition) is 8. The van der Waals surface area contributed by atoms with Crippen LogP contribution < -0.4 is 15.5 Å². The van der Waals surface area contributed by atoms with Crippen LogP contribution in [-0.2, 0) is 0 Å². The van der Waals surface area contributed by atoms with Crippen LogP contribution in [-0.4, -0.2) is 37.6 Å². The van der Waals surface area contributed by atoms with E-state index in [-0.39, 0.29) is 11.6 Å². The smallest absolute Gasteiger partial charge is 0.166 e. The Morgan fingerprint density at radius 2 is 1.97 bits per heavy atom. The first kappa shape index (κ1) is 19.0. The van der Waals surface area contributed by atoms with Gasteiger partial charge < -0.3 is 15.5 Å². The number of nitrogens with zero attached hydrogens (tertiary/aromatic N) is 6. The average molecular weight is 476 g/mol. The summed E-state index contributed by atoms with van der Waals surface area (Å²) in [6.45, 7) is 1.42. The number of rotatable bonds is 6. The molecular formula is C25H25FN8O. The first-order chi connectivity index (χ1) is 18.0. The summed E-state index contributed by atoms with van der Waals surface area (Å²) in [5.41, 5.74) is 2.80. The molecule has 0 fully saturated rings. The van der Waals surface area contributed by atoms with Gasteiger partial charge >= 0.3 is 0 Å². The van der Waals surface area contributed by atoms with Crippen molar-refractivity contribution in [1.29, 1.82) is 0 Å². The number of pyridine rings is 2. The zero-order chi connectivity index (χ0) is 27.2. The van der Waals surface area contributed by atoms with Gasteiger partial charge in [-0.25, -0.2) is 24.0 Å². The molecule has 0 saturated heterocycles. The lowest BCUT2D eigenvalue weighted by molar-refractivity contribution is 0.0988. The molecule has 35 heavy (non-hydrogen) atoms. The Balaban J connectivity index is 1.58. The fourth-order valence-corrected chi connectivity index (χ4v) is 4.09. The second-order valence-electron chi connectivity index (χ2n) is 8.22. The molecule has 9 nitrogen and oxygen atoms in total. The normalized spacial score (nSPS) is 15.9. The number of Topliss-reactive ketones (excluding diaryl/α,β-unsaturated/α-hetero) is 1. The van der Waals surface area contributed by atoms with E-state index in [1.54, 1.807) is 10.7 Å². The molecule has 1 aromatic carbocycles. The van der Waals surface area contributed by atoms with Gasteiger partial charge in [-0.3, -0.25) is 4.79 Å². The van der Waals surface area contributed by atoms with Crippen LogP contribution in [0.4, 0.5) is 33.1 Å². The zero-order valence-corrected chi connectivity index (χ0v) is 19.4. The van der Waals surface area contributed by atoms with Gasteiger partial charge in [0.2, 0.25) is 0 Å². The highest BCUT2D eigenvalue weighted by molar-refractivity contribution is 6.02. The van der Waals surface area contributed by atoms with Crippen LogP contribution in [0.2, 0.25) is 0 Å². The number of ketones is 1. The van der Waals surface area contributed by atoms with Crippen LogP contribution in [0.15, 0.2) is 48.8 Å². The quantitative estimate of drug-likeness (QED) is 0.372. The number of anilines is 5. The van der Waals surface area contributed by atoms with Crippen molar-refractivity contribution >= 4 is 34.5 Å². The van der Waals surface area contributed by atoms with Gasteiger partial charge in [0.25, 0.3) is 0 Å². The Morgan fingerprint density at radius 3 is 2.74 bits per heavy atom. The minimum atomic E-state index is -2.44. The molecule has 0 amide bonds. The third-order valence-electron chi connectivity index (χ3n) is 5.91. The SMILES string of the molecule is [2H]C([2H])([2H])CC(=O)c1cnc(Nc2ccc(F)cn2)cc1Nc1cccc2c1N(C)[C@@H](C)c1nc(C)nn1-2. The fraction of sp³-hybridized carbons (Fsp3) is 0.240. The highest BCUT2D eigenvalue weighted by atomic mass is 19.1. The highest BCUT2D eigenvalue weighted by Crippen LogP contribution is 2.42. The summed E-state index contributed by atoms with van der Waals surface area (Å²) in [6, 6.07) is 9.88. The molecule has 0 unspecified atom stereocenters. The van der Waals surface area contributed by atoms with Gasteiger partial charge in [0, 0.05) is 29.8 Å². The van der Waals surface area contributed by atoms with E-state index in [2.05, 4.69) is 35.6 Å². The van der Waals surface area contributed by atoms with Gasteiger partial charge in [-0.2, -0.15) is 5.10 Å². The number of halogens is 1. The Hall–Kier alpha value is -4.34. The monoisotopic (exact) mass is 475 g/mol. The summed E-state index contributed by atoms with van der Waals surface area (Å²) in [5.74, 6) is 1.10. The second-order valence-corrected chi connectivity index (χ2v) is 8.22. The number of aryl methyl sites for hydroxylation is 1. The molecule has 10 heteroatoms. The van der Waals surface area contributed by atoms with Crippen molar-refractivity contribution < 1.29 is 13.3 Å². The van der Waals surface area contributed by atoms with E-state index in [0.29, 0.717) is 28.8 Å². The van der Waals surface area contributed by atoms with E-state index >= 15 is 0 Å². The van der Waals surface area contributed by atoms with Crippen molar-refractivity contribution in [3.8, 4) is 5.69 Å². The molecule has 1 atom stereocenters. The maximum absolute atomic E-state index is 13.3. The Morgan fingerprint density at radius 1 is 1.14 bits per heavy atom. The molecule has 5 rings (SSSR count). The van der Waals surface area contributed by atoms with E-state index < -0.39 is 24.9 Å². The van der Waals surface area contributed by atoms with Gasteiger partial charge in [-0.05, 0) is 38.1 Å². The average Bonchev–Trinajstić information content (AvgIpc) is 3.25.